The van der Waals surface area contributed by atoms with Crippen molar-refractivity contribution in [2.75, 3.05) is 12.8 Å². The number of aromatic nitrogens is 4. The van der Waals surface area contributed by atoms with Gasteiger partial charge < -0.3 is 16.5 Å². The molecule has 0 unspecified atom stereocenters. The van der Waals surface area contributed by atoms with E-state index in [1.807, 2.05) is 0 Å². The fourth-order valence-electron chi connectivity index (χ4n) is 0.963. The van der Waals surface area contributed by atoms with Gasteiger partial charge in [-0.1, -0.05) is 0 Å². The number of rotatable bonds is 0. The van der Waals surface area contributed by atoms with Crippen LogP contribution in [-0.2, 0) is 0 Å². The number of nitrogens with two attached hydrogens (primary N) is 2. The maximum Gasteiger partial charge on any atom is 0.280 e. The van der Waals surface area contributed by atoms with Crippen molar-refractivity contribution in [1.29, 1.82) is 0 Å². The Labute approximate surface area is 83.4 Å². The highest BCUT2D eigenvalue weighted by atomic mass is 16.1. The summed E-state index contributed by atoms with van der Waals surface area (Å²) in [5, 5.41) is 0. The van der Waals surface area contributed by atoms with Gasteiger partial charge in [-0.15, -0.1) is 0 Å². The zero-order chi connectivity index (χ0) is 11.4. The minimum atomic E-state index is -0.473. The predicted molar refractivity (Wildman–Crippen MR) is 55.3 cm³/mol. The summed E-state index contributed by atoms with van der Waals surface area (Å²) in [6.07, 6.45) is 1.01. The largest absolute Gasteiger partial charge is 0.369 e. The van der Waals surface area contributed by atoms with E-state index in [0.29, 0.717) is 0 Å². The molecule has 2 aromatic rings. The van der Waals surface area contributed by atoms with E-state index in [4.69, 9.17) is 5.73 Å². The molecule has 6 N–H and O–H groups in total. The van der Waals surface area contributed by atoms with Gasteiger partial charge in [-0.3, -0.25) is 14.6 Å². The van der Waals surface area contributed by atoms with E-state index in [1.165, 1.54) is 7.05 Å². The molecule has 0 aliphatic carbocycles. The van der Waals surface area contributed by atoms with Crippen LogP contribution in [0.1, 0.15) is 0 Å². The number of fused-ring (bicyclic) bond motifs is 1. The molecule has 0 radical (unpaired) electrons. The number of aromatic amines is 2. The van der Waals surface area contributed by atoms with Crippen LogP contribution in [0.15, 0.2) is 15.8 Å². The summed E-state index contributed by atoms with van der Waals surface area (Å²) in [7, 11) is 1.50. The highest BCUT2D eigenvalue weighted by Crippen LogP contribution is 1.95. The summed E-state index contributed by atoms with van der Waals surface area (Å²) >= 11 is 0. The van der Waals surface area contributed by atoms with Crippen molar-refractivity contribution in [2.24, 2.45) is 5.73 Å². The minimum Gasteiger partial charge on any atom is -0.369 e. The van der Waals surface area contributed by atoms with Gasteiger partial charge in [0.25, 0.3) is 11.1 Å². The van der Waals surface area contributed by atoms with Gasteiger partial charge >= 0.3 is 0 Å². The number of hydrogen-bond donors (Lipinski definition) is 4. The molecule has 8 heteroatoms. The molecular formula is C7H10N6O2. The van der Waals surface area contributed by atoms with Gasteiger partial charge in [0.15, 0.2) is 11.2 Å². The zero-order valence-corrected chi connectivity index (χ0v) is 7.94. The van der Waals surface area contributed by atoms with Gasteiger partial charge in [0.05, 0.1) is 6.20 Å². The van der Waals surface area contributed by atoms with Crippen LogP contribution in [0.5, 0.6) is 0 Å². The lowest BCUT2D eigenvalue weighted by Gasteiger charge is -1.95. The molecule has 0 bridgehead atoms. The Morgan fingerprint density at radius 2 is 1.93 bits per heavy atom. The van der Waals surface area contributed by atoms with Gasteiger partial charge in [-0.2, -0.15) is 4.98 Å². The molecule has 0 fully saturated rings. The Balaban J connectivity index is 0.000000531. The molecule has 0 saturated carbocycles. The van der Waals surface area contributed by atoms with Crippen LogP contribution in [0.4, 0.5) is 5.95 Å². The van der Waals surface area contributed by atoms with Crippen molar-refractivity contribution in [2.45, 2.75) is 0 Å². The second kappa shape index (κ2) is 4.33. The van der Waals surface area contributed by atoms with E-state index in [0.717, 1.165) is 6.20 Å². The fourth-order valence-corrected chi connectivity index (χ4v) is 0.963. The first kappa shape index (κ1) is 10.9. The number of nitrogen functional groups attached to an aromatic ring is 1. The van der Waals surface area contributed by atoms with Crippen LogP contribution in [0, 0.1) is 0 Å². The van der Waals surface area contributed by atoms with Crippen molar-refractivity contribution >= 4 is 17.1 Å². The molecule has 0 amide bonds. The monoisotopic (exact) mass is 210 g/mol. The van der Waals surface area contributed by atoms with Gasteiger partial charge in [0, 0.05) is 0 Å². The van der Waals surface area contributed by atoms with Crippen LogP contribution < -0.4 is 22.6 Å². The lowest BCUT2D eigenvalue weighted by Crippen LogP contribution is -2.17. The van der Waals surface area contributed by atoms with Crippen LogP contribution in [0.25, 0.3) is 11.2 Å². The van der Waals surface area contributed by atoms with Gasteiger partial charge in [-0.25, -0.2) is 4.98 Å². The van der Waals surface area contributed by atoms with E-state index >= 15 is 0 Å². The molecule has 0 spiro atoms. The molecule has 15 heavy (non-hydrogen) atoms. The van der Waals surface area contributed by atoms with E-state index < -0.39 is 11.1 Å². The summed E-state index contributed by atoms with van der Waals surface area (Å²) < 4.78 is 0. The molecule has 0 aliphatic rings. The van der Waals surface area contributed by atoms with Crippen molar-refractivity contribution in [3.63, 3.8) is 0 Å². The van der Waals surface area contributed by atoms with Gasteiger partial charge in [0.1, 0.15) is 0 Å². The van der Waals surface area contributed by atoms with Crippen molar-refractivity contribution < 1.29 is 0 Å². The Kier molecular flexibility index (Phi) is 3.13. The third-order valence-corrected chi connectivity index (χ3v) is 1.47. The van der Waals surface area contributed by atoms with Crippen LogP contribution in [0.2, 0.25) is 0 Å². The number of nitrogens with one attached hydrogen (secondary N) is 2. The molecule has 0 aromatic carbocycles. The van der Waals surface area contributed by atoms with Gasteiger partial charge in [-0.05, 0) is 7.05 Å². The average Bonchev–Trinajstić information content (AvgIpc) is 2.19. The minimum absolute atomic E-state index is 0.0545. The first-order chi connectivity index (χ1) is 7.16. The number of nitrogens with zero attached hydrogens (tertiary/aromatic N) is 2. The molecule has 0 saturated heterocycles. The number of anilines is 1. The Morgan fingerprint density at radius 1 is 1.27 bits per heavy atom. The topological polar surface area (TPSA) is 144 Å². The van der Waals surface area contributed by atoms with E-state index in [9.17, 15) is 9.59 Å². The highest BCUT2D eigenvalue weighted by molar-refractivity contribution is 5.68. The van der Waals surface area contributed by atoms with Crippen LogP contribution in [0.3, 0.4) is 0 Å². The molecule has 2 aromatic heterocycles. The second-order valence-corrected chi connectivity index (χ2v) is 2.40. The summed E-state index contributed by atoms with van der Waals surface area (Å²) in [6.45, 7) is 0. The first-order valence-electron chi connectivity index (χ1n) is 3.99. The standard InChI is InChI=1S/C6H5N5O2.CH5N/c7-6-10-4-3(5(13)11-6)8-1-2(12)9-4;1-2/h1H,(H4,7,9,10,11,12,13);2H2,1H3. The maximum atomic E-state index is 11.2. The van der Waals surface area contributed by atoms with Crippen LogP contribution in [-0.4, -0.2) is 27.0 Å². The lowest BCUT2D eigenvalue weighted by molar-refractivity contribution is 1.10. The van der Waals surface area contributed by atoms with Gasteiger partial charge in [0.2, 0.25) is 5.95 Å². The second-order valence-electron chi connectivity index (χ2n) is 2.40. The Morgan fingerprint density at radius 3 is 2.60 bits per heavy atom. The van der Waals surface area contributed by atoms with Crippen LogP contribution >= 0.6 is 0 Å². The van der Waals surface area contributed by atoms with Crippen molar-refractivity contribution in [3.05, 3.63) is 26.9 Å². The van der Waals surface area contributed by atoms with Crippen molar-refractivity contribution in [1.82, 2.24) is 19.9 Å². The Bertz CT molecular complexity index is 571. The summed E-state index contributed by atoms with van der Waals surface area (Å²) in [4.78, 5) is 33.9. The summed E-state index contributed by atoms with van der Waals surface area (Å²) in [5.74, 6) is -0.0545. The number of H-pyrrole nitrogens is 2. The SMILES string of the molecule is CN.Nc1nc2[nH]c(=O)cnc2c(=O)[nH]1. The zero-order valence-electron chi connectivity index (χ0n) is 7.94. The fraction of sp³-hybridized carbons (Fsp3) is 0.143. The first-order valence-corrected chi connectivity index (χ1v) is 3.99. The smallest absolute Gasteiger partial charge is 0.280 e. The summed E-state index contributed by atoms with van der Waals surface area (Å²) in [5.41, 5.74) is 9.01. The molecule has 0 aliphatic heterocycles. The third kappa shape index (κ3) is 2.17. The molecule has 2 rings (SSSR count). The number of hydrogen-bond acceptors (Lipinski definition) is 6. The summed E-state index contributed by atoms with van der Waals surface area (Å²) in [6, 6.07) is 0. The Hall–Kier alpha value is -2.22. The maximum absolute atomic E-state index is 11.2. The normalized spacial score (nSPS) is 9.47. The van der Waals surface area contributed by atoms with Crippen molar-refractivity contribution in [3.8, 4) is 0 Å². The molecule has 80 valence electrons. The lowest BCUT2D eigenvalue weighted by atomic mass is 10.5. The van der Waals surface area contributed by atoms with E-state index in [1.54, 1.807) is 0 Å². The average molecular weight is 210 g/mol. The van der Waals surface area contributed by atoms with E-state index in [2.05, 4.69) is 25.7 Å². The third-order valence-electron chi connectivity index (χ3n) is 1.47. The van der Waals surface area contributed by atoms with E-state index in [-0.39, 0.29) is 17.1 Å². The molecule has 8 nitrogen and oxygen atoms in total. The molecular weight excluding hydrogens is 200 g/mol. The quantitative estimate of drug-likeness (QED) is 0.402. The molecule has 2 heterocycles. The molecule has 0 atom stereocenters. The predicted octanol–water partition coefficient (Wildman–Crippen LogP) is -1.84. The highest BCUT2D eigenvalue weighted by Gasteiger charge is 2.02.